The van der Waals surface area contributed by atoms with Gasteiger partial charge in [0.15, 0.2) is 5.75 Å². The number of carbonyl (C=O) groups is 1. The van der Waals surface area contributed by atoms with E-state index in [2.05, 4.69) is 15.3 Å². The topological polar surface area (TPSA) is 64.1 Å². The van der Waals surface area contributed by atoms with E-state index in [9.17, 15) is 4.79 Å². The lowest BCUT2D eigenvalue weighted by molar-refractivity contribution is 0.0957. The maximum absolute atomic E-state index is 12.3. The number of aromatic nitrogens is 2. The van der Waals surface area contributed by atoms with Crippen molar-refractivity contribution in [2.75, 3.05) is 13.2 Å². The molecule has 0 aliphatic carbocycles. The smallest absolute Gasteiger partial charge is 0.255 e. The number of hydrogen-bond acceptors (Lipinski definition) is 4. The molecular weight excluding hydrogens is 362 g/mol. The third kappa shape index (κ3) is 3.51. The number of pyridine rings is 2. The minimum atomic E-state index is -0.158. The molecule has 0 radical (unpaired) electrons. The van der Waals surface area contributed by atoms with Crippen LogP contribution >= 0.6 is 11.6 Å². The van der Waals surface area contributed by atoms with Gasteiger partial charge in [-0.25, -0.2) is 0 Å². The number of carbonyl (C=O) groups excluding carboxylic acids is 1. The number of ether oxygens (including phenoxy) is 1. The van der Waals surface area contributed by atoms with Gasteiger partial charge in [0.25, 0.3) is 5.91 Å². The Bertz CT molecular complexity index is 989. The predicted octanol–water partition coefficient (Wildman–Crippen LogP) is 3.82. The fourth-order valence-electron chi connectivity index (χ4n) is 3.10. The highest BCUT2D eigenvalue weighted by Gasteiger charge is 2.22. The third-order valence-electron chi connectivity index (χ3n) is 4.60. The highest BCUT2D eigenvalue weighted by atomic mass is 35.5. The second kappa shape index (κ2) is 7.37. The van der Waals surface area contributed by atoms with E-state index in [0.717, 1.165) is 28.1 Å². The van der Waals surface area contributed by atoms with Crippen LogP contribution in [0.1, 0.15) is 27.0 Å². The minimum Gasteiger partial charge on any atom is -0.489 e. The molecule has 1 aliphatic rings. The van der Waals surface area contributed by atoms with Crippen molar-refractivity contribution in [2.45, 2.75) is 13.3 Å². The Morgan fingerprint density at radius 3 is 2.78 bits per heavy atom. The molecule has 0 saturated carbocycles. The molecule has 0 unspecified atom stereocenters. The van der Waals surface area contributed by atoms with Crippen molar-refractivity contribution in [3.8, 4) is 17.1 Å². The monoisotopic (exact) mass is 379 g/mol. The molecule has 136 valence electrons. The van der Waals surface area contributed by atoms with Gasteiger partial charge >= 0.3 is 0 Å². The highest BCUT2D eigenvalue weighted by molar-refractivity contribution is 6.33. The predicted molar refractivity (Wildman–Crippen MR) is 104 cm³/mol. The zero-order chi connectivity index (χ0) is 18.8. The maximum atomic E-state index is 12.3. The van der Waals surface area contributed by atoms with Crippen molar-refractivity contribution in [3.63, 3.8) is 0 Å². The fraction of sp³-hybridized carbons (Fsp3) is 0.190. The number of nitrogens with zero attached hydrogens (tertiary/aromatic N) is 2. The SMILES string of the molecule is Cc1c(Cc2ccc(-c3ccccn3)nc2)cc2c(c1Cl)OCCNC2=O. The lowest BCUT2D eigenvalue weighted by Crippen LogP contribution is -2.24. The quantitative estimate of drug-likeness (QED) is 0.751. The van der Waals surface area contributed by atoms with Crippen LogP contribution in [0.25, 0.3) is 11.4 Å². The third-order valence-corrected chi connectivity index (χ3v) is 5.05. The van der Waals surface area contributed by atoms with Crippen LogP contribution in [0.4, 0.5) is 0 Å². The summed E-state index contributed by atoms with van der Waals surface area (Å²) < 4.78 is 5.67. The van der Waals surface area contributed by atoms with Crippen molar-refractivity contribution >= 4 is 17.5 Å². The van der Waals surface area contributed by atoms with Gasteiger partial charge in [-0.1, -0.05) is 23.7 Å². The molecular formula is C21H18ClN3O2. The first-order chi connectivity index (χ1) is 13.1. The van der Waals surface area contributed by atoms with Crippen LogP contribution in [0.2, 0.25) is 5.02 Å². The molecule has 27 heavy (non-hydrogen) atoms. The Morgan fingerprint density at radius 2 is 2.04 bits per heavy atom. The van der Waals surface area contributed by atoms with Crippen LogP contribution in [0.15, 0.2) is 48.8 Å². The van der Waals surface area contributed by atoms with Gasteiger partial charge in [-0.3, -0.25) is 14.8 Å². The van der Waals surface area contributed by atoms with Gasteiger partial charge in [-0.05, 0) is 54.3 Å². The Hall–Kier alpha value is -2.92. The number of fused-ring (bicyclic) bond motifs is 1. The van der Waals surface area contributed by atoms with E-state index < -0.39 is 0 Å². The van der Waals surface area contributed by atoms with Gasteiger partial charge in [-0.2, -0.15) is 0 Å². The maximum Gasteiger partial charge on any atom is 0.255 e. The zero-order valence-corrected chi connectivity index (χ0v) is 15.6. The molecule has 1 aromatic carbocycles. The first-order valence-corrected chi connectivity index (χ1v) is 9.10. The summed E-state index contributed by atoms with van der Waals surface area (Å²) in [5.41, 5.74) is 5.07. The van der Waals surface area contributed by atoms with E-state index in [0.29, 0.717) is 35.9 Å². The summed E-state index contributed by atoms with van der Waals surface area (Å²) in [4.78, 5) is 21.1. The standard InChI is InChI=1S/C21H18ClN3O2/c1-13-15(11-16-20(19(13)22)27-9-8-24-21(16)26)10-14-5-6-18(25-12-14)17-4-2-3-7-23-17/h2-7,11-12H,8-10H2,1H3,(H,24,26). The molecule has 6 heteroatoms. The van der Waals surface area contributed by atoms with Gasteiger partial charge in [0.2, 0.25) is 0 Å². The van der Waals surface area contributed by atoms with Crippen LogP contribution < -0.4 is 10.1 Å². The van der Waals surface area contributed by atoms with E-state index >= 15 is 0 Å². The Morgan fingerprint density at radius 1 is 1.19 bits per heavy atom. The van der Waals surface area contributed by atoms with Crippen molar-refractivity contribution < 1.29 is 9.53 Å². The van der Waals surface area contributed by atoms with Crippen molar-refractivity contribution in [1.29, 1.82) is 0 Å². The molecule has 1 N–H and O–H groups in total. The molecule has 3 heterocycles. The molecule has 1 aliphatic heterocycles. The molecule has 0 fully saturated rings. The molecule has 0 bridgehead atoms. The summed E-state index contributed by atoms with van der Waals surface area (Å²) in [7, 11) is 0. The first kappa shape index (κ1) is 17.5. The summed E-state index contributed by atoms with van der Waals surface area (Å²) in [5.74, 6) is 0.311. The molecule has 4 rings (SSSR count). The van der Waals surface area contributed by atoms with Gasteiger partial charge in [0.1, 0.15) is 6.61 Å². The highest BCUT2D eigenvalue weighted by Crippen LogP contribution is 2.36. The van der Waals surface area contributed by atoms with Crippen LogP contribution in [0.3, 0.4) is 0 Å². The Labute approximate surface area is 162 Å². The van der Waals surface area contributed by atoms with E-state index in [-0.39, 0.29) is 5.91 Å². The number of rotatable bonds is 3. The van der Waals surface area contributed by atoms with Gasteiger partial charge < -0.3 is 10.1 Å². The number of halogens is 1. The van der Waals surface area contributed by atoms with Crippen molar-refractivity contribution in [3.05, 3.63) is 76.1 Å². The lowest BCUT2D eigenvalue weighted by Gasteiger charge is -2.15. The van der Waals surface area contributed by atoms with Gasteiger partial charge in [0, 0.05) is 12.4 Å². The molecule has 0 saturated heterocycles. The summed E-state index contributed by atoms with van der Waals surface area (Å²) in [6, 6.07) is 11.6. The summed E-state index contributed by atoms with van der Waals surface area (Å²) in [6.07, 6.45) is 4.21. The molecule has 1 amide bonds. The molecule has 0 atom stereocenters. The average Bonchev–Trinajstić information content (AvgIpc) is 2.89. The average molecular weight is 380 g/mol. The van der Waals surface area contributed by atoms with E-state index in [1.54, 1.807) is 6.20 Å². The Balaban J connectivity index is 1.65. The van der Waals surface area contributed by atoms with Gasteiger partial charge in [-0.15, -0.1) is 0 Å². The number of hydrogen-bond donors (Lipinski definition) is 1. The number of benzene rings is 1. The number of amides is 1. The van der Waals surface area contributed by atoms with E-state index in [4.69, 9.17) is 16.3 Å². The van der Waals surface area contributed by atoms with E-state index in [1.807, 2.05) is 49.5 Å². The normalized spacial score (nSPS) is 13.3. The largest absolute Gasteiger partial charge is 0.489 e. The summed E-state index contributed by atoms with van der Waals surface area (Å²) in [5, 5.41) is 3.32. The van der Waals surface area contributed by atoms with Crippen LogP contribution in [0, 0.1) is 6.92 Å². The lowest BCUT2D eigenvalue weighted by atomic mass is 9.97. The summed E-state index contributed by atoms with van der Waals surface area (Å²) in [6.45, 7) is 2.83. The fourth-order valence-corrected chi connectivity index (χ4v) is 3.38. The molecule has 5 nitrogen and oxygen atoms in total. The van der Waals surface area contributed by atoms with E-state index in [1.165, 1.54) is 0 Å². The molecule has 0 spiro atoms. The minimum absolute atomic E-state index is 0.158. The molecule has 2 aromatic heterocycles. The Kier molecular flexibility index (Phi) is 4.77. The van der Waals surface area contributed by atoms with Crippen molar-refractivity contribution in [2.24, 2.45) is 0 Å². The van der Waals surface area contributed by atoms with Gasteiger partial charge in [0.05, 0.1) is 28.5 Å². The number of nitrogens with one attached hydrogen (secondary N) is 1. The van der Waals surface area contributed by atoms with Crippen LogP contribution in [-0.4, -0.2) is 29.0 Å². The van der Waals surface area contributed by atoms with Crippen LogP contribution in [0.5, 0.6) is 5.75 Å². The second-order valence-electron chi connectivity index (χ2n) is 6.40. The summed E-state index contributed by atoms with van der Waals surface area (Å²) >= 11 is 6.50. The van der Waals surface area contributed by atoms with Crippen LogP contribution in [-0.2, 0) is 6.42 Å². The van der Waals surface area contributed by atoms with Crippen molar-refractivity contribution in [1.82, 2.24) is 15.3 Å². The second-order valence-corrected chi connectivity index (χ2v) is 6.78. The first-order valence-electron chi connectivity index (χ1n) is 8.73. The molecule has 3 aromatic rings. The zero-order valence-electron chi connectivity index (χ0n) is 14.8.